The summed E-state index contributed by atoms with van der Waals surface area (Å²) in [5.74, 6) is 0.798. The Morgan fingerprint density at radius 2 is 1.84 bits per heavy atom. The molecule has 0 aliphatic carbocycles. The van der Waals surface area contributed by atoms with Gasteiger partial charge in [-0.2, -0.15) is 0 Å². The lowest BCUT2D eigenvalue weighted by molar-refractivity contribution is -0.939. The number of fused-ring (bicyclic) bond motifs is 4. The molecule has 2 bridgehead atoms. The Morgan fingerprint density at radius 1 is 1.09 bits per heavy atom. The molecular formula is C24H31N6OS+. The highest BCUT2D eigenvalue weighted by molar-refractivity contribution is 7.21. The van der Waals surface area contributed by atoms with Gasteiger partial charge in [0.05, 0.1) is 49.2 Å². The molecule has 1 atom stereocenters. The standard InChI is InChI=1S/C24H31N6OS/c1-18(25-9-13-30-14-10-29(11-15-30)12-16-30)19-3-5-20(6-4-19)27-28-24-26-22-17-21(31-2)7-8-23(22)32-24/h3-8,17-18,25H,9-16H2,1-2H3/q+1. The molecule has 0 radical (unpaired) electrons. The molecule has 1 aromatic heterocycles. The lowest BCUT2D eigenvalue weighted by atomic mass is 10.1. The van der Waals surface area contributed by atoms with Crippen LogP contribution in [0.2, 0.25) is 0 Å². The molecule has 0 amide bonds. The van der Waals surface area contributed by atoms with Gasteiger partial charge in [0.2, 0.25) is 5.13 Å². The normalized spacial score (nSPS) is 23.8. The van der Waals surface area contributed by atoms with Crippen LogP contribution in [0.4, 0.5) is 10.8 Å². The Labute approximate surface area is 193 Å². The summed E-state index contributed by atoms with van der Waals surface area (Å²) in [5, 5.41) is 13.1. The van der Waals surface area contributed by atoms with Gasteiger partial charge in [0, 0.05) is 38.3 Å². The minimum absolute atomic E-state index is 0.324. The van der Waals surface area contributed by atoms with Gasteiger partial charge in [-0.25, -0.2) is 4.98 Å². The third-order valence-corrected chi connectivity index (χ3v) is 7.86. The predicted octanol–water partition coefficient (Wildman–Crippen LogP) is 4.52. The summed E-state index contributed by atoms with van der Waals surface area (Å²) in [5.41, 5.74) is 3.00. The van der Waals surface area contributed by atoms with Gasteiger partial charge < -0.3 is 14.5 Å². The number of piperazine rings is 3. The molecule has 1 N–H and O–H groups in total. The molecule has 3 fully saturated rings. The second kappa shape index (κ2) is 9.23. The number of nitrogens with zero attached hydrogens (tertiary/aromatic N) is 5. The number of benzene rings is 2. The second-order valence-corrected chi connectivity index (χ2v) is 9.88. The molecule has 3 saturated heterocycles. The molecule has 1 unspecified atom stereocenters. The molecule has 4 heterocycles. The first-order valence-electron chi connectivity index (χ1n) is 11.4. The van der Waals surface area contributed by atoms with Gasteiger partial charge in [0.1, 0.15) is 5.75 Å². The fourth-order valence-electron chi connectivity index (χ4n) is 4.70. The highest BCUT2D eigenvalue weighted by Crippen LogP contribution is 2.31. The SMILES string of the molecule is COc1ccc2sc(N=Nc3ccc(C(C)NCC[N+]45CCN(CC4)CC5)cc3)nc2c1. The van der Waals surface area contributed by atoms with Crippen LogP contribution >= 0.6 is 11.3 Å². The van der Waals surface area contributed by atoms with Crippen molar-refractivity contribution in [3.8, 4) is 5.75 Å². The first-order chi connectivity index (χ1) is 15.6. The highest BCUT2D eigenvalue weighted by Gasteiger charge is 2.37. The summed E-state index contributed by atoms with van der Waals surface area (Å²) in [6.07, 6.45) is 0. The van der Waals surface area contributed by atoms with Crippen LogP contribution in [-0.4, -0.2) is 73.8 Å². The van der Waals surface area contributed by atoms with Gasteiger partial charge in [0.25, 0.3) is 0 Å². The van der Waals surface area contributed by atoms with E-state index >= 15 is 0 Å². The van der Waals surface area contributed by atoms with Gasteiger partial charge in [-0.3, -0.25) is 4.90 Å². The van der Waals surface area contributed by atoms with Crippen molar-refractivity contribution in [3.05, 3.63) is 48.0 Å². The van der Waals surface area contributed by atoms with Gasteiger partial charge >= 0.3 is 0 Å². The summed E-state index contributed by atoms with van der Waals surface area (Å²) < 4.78 is 7.64. The minimum Gasteiger partial charge on any atom is -0.497 e. The maximum Gasteiger partial charge on any atom is 0.231 e. The van der Waals surface area contributed by atoms with Crippen LogP contribution in [0.3, 0.4) is 0 Å². The number of aromatic nitrogens is 1. The first kappa shape index (κ1) is 21.5. The molecule has 3 aliphatic heterocycles. The Kier molecular flexibility index (Phi) is 6.19. The first-order valence-corrected chi connectivity index (χ1v) is 12.2. The number of thiazole rings is 1. The van der Waals surface area contributed by atoms with E-state index < -0.39 is 0 Å². The van der Waals surface area contributed by atoms with E-state index in [0.29, 0.717) is 11.2 Å². The molecular weight excluding hydrogens is 420 g/mol. The molecule has 8 heteroatoms. The van der Waals surface area contributed by atoms with Crippen LogP contribution in [0.1, 0.15) is 18.5 Å². The molecule has 2 aromatic carbocycles. The lowest BCUT2D eigenvalue weighted by Crippen LogP contribution is -2.68. The zero-order chi connectivity index (χ0) is 22.0. The Hall–Kier alpha value is -2.39. The Balaban J connectivity index is 1.15. The third kappa shape index (κ3) is 4.68. The van der Waals surface area contributed by atoms with Crippen molar-refractivity contribution in [2.75, 3.05) is 59.5 Å². The Morgan fingerprint density at radius 3 is 2.56 bits per heavy atom. The number of hydrogen-bond acceptors (Lipinski definition) is 7. The van der Waals surface area contributed by atoms with E-state index in [1.165, 1.54) is 67.2 Å². The quantitative estimate of drug-likeness (QED) is 0.404. The fourth-order valence-corrected chi connectivity index (χ4v) is 5.47. The minimum atomic E-state index is 0.324. The average molecular weight is 452 g/mol. The lowest BCUT2D eigenvalue weighted by Gasteiger charge is -2.50. The molecule has 7 nitrogen and oxygen atoms in total. The van der Waals surface area contributed by atoms with Crippen LogP contribution in [0.5, 0.6) is 5.75 Å². The molecule has 3 aromatic rings. The smallest absolute Gasteiger partial charge is 0.231 e. The molecule has 168 valence electrons. The highest BCUT2D eigenvalue weighted by atomic mass is 32.1. The zero-order valence-electron chi connectivity index (χ0n) is 18.8. The topological polar surface area (TPSA) is 62.1 Å². The van der Waals surface area contributed by atoms with Crippen molar-refractivity contribution in [2.24, 2.45) is 10.2 Å². The van der Waals surface area contributed by atoms with Crippen molar-refractivity contribution < 1.29 is 9.22 Å². The van der Waals surface area contributed by atoms with E-state index in [4.69, 9.17) is 4.74 Å². The van der Waals surface area contributed by atoms with E-state index in [1.54, 1.807) is 7.11 Å². The monoisotopic (exact) mass is 451 g/mol. The maximum atomic E-state index is 5.26. The number of hydrogen-bond donors (Lipinski definition) is 1. The number of azo groups is 1. The molecule has 0 saturated carbocycles. The van der Waals surface area contributed by atoms with Crippen molar-refractivity contribution in [1.29, 1.82) is 0 Å². The summed E-state index contributed by atoms with van der Waals surface area (Å²) in [4.78, 5) is 7.13. The summed E-state index contributed by atoms with van der Waals surface area (Å²) in [6, 6.07) is 14.5. The van der Waals surface area contributed by atoms with E-state index in [1.807, 2.05) is 30.3 Å². The molecule has 32 heavy (non-hydrogen) atoms. The maximum absolute atomic E-state index is 5.26. The van der Waals surface area contributed by atoms with Crippen LogP contribution < -0.4 is 10.1 Å². The van der Waals surface area contributed by atoms with Gasteiger partial charge in [0.15, 0.2) is 0 Å². The molecule has 0 spiro atoms. The van der Waals surface area contributed by atoms with Gasteiger partial charge in [-0.15, -0.1) is 10.2 Å². The number of ether oxygens (including phenoxy) is 1. The van der Waals surface area contributed by atoms with Crippen LogP contribution in [0, 0.1) is 0 Å². The van der Waals surface area contributed by atoms with Gasteiger partial charge in [-0.1, -0.05) is 23.5 Å². The average Bonchev–Trinajstić information content (AvgIpc) is 3.26. The van der Waals surface area contributed by atoms with E-state index in [0.717, 1.165) is 28.2 Å². The predicted molar refractivity (Wildman–Crippen MR) is 129 cm³/mol. The van der Waals surface area contributed by atoms with Crippen molar-refractivity contribution in [1.82, 2.24) is 15.2 Å². The second-order valence-electron chi connectivity index (χ2n) is 8.88. The number of methoxy groups -OCH3 is 1. The number of nitrogens with one attached hydrogen (secondary N) is 1. The summed E-state index contributed by atoms with van der Waals surface area (Å²) in [7, 11) is 1.66. The zero-order valence-corrected chi connectivity index (χ0v) is 19.6. The summed E-state index contributed by atoms with van der Waals surface area (Å²) >= 11 is 1.53. The van der Waals surface area contributed by atoms with Gasteiger partial charge in [-0.05, 0) is 36.8 Å². The van der Waals surface area contributed by atoms with Crippen LogP contribution in [0.25, 0.3) is 10.2 Å². The molecule has 3 aliphatic rings. The number of quaternary nitrogens is 1. The number of rotatable bonds is 8. The molecule has 6 rings (SSSR count). The van der Waals surface area contributed by atoms with Crippen LogP contribution in [0.15, 0.2) is 52.7 Å². The van der Waals surface area contributed by atoms with E-state index in [9.17, 15) is 0 Å². The van der Waals surface area contributed by atoms with Crippen molar-refractivity contribution in [2.45, 2.75) is 13.0 Å². The largest absolute Gasteiger partial charge is 0.497 e. The van der Waals surface area contributed by atoms with Crippen molar-refractivity contribution in [3.63, 3.8) is 0 Å². The summed E-state index contributed by atoms with van der Waals surface area (Å²) in [6.45, 7) is 12.3. The van der Waals surface area contributed by atoms with E-state index in [-0.39, 0.29) is 0 Å². The third-order valence-electron chi connectivity index (χ3n) is 6.94. The Bertz CT molecular complexity index is 1070. The van der Waals surface area contributed by atoms with Crippen molar-refractivity contribution >= 4 is 32.4 Å². The van der Waals surface area contributed by atoms with Crippen LogP contribution in [-0.2, 0) is 0 Å². The fraction of sp³-hybridized carbons (Fsp3) is 0.458. The van der Waals surface area contributed by atoms with E-state index in [2.05, 4.69) is 44.5 Å².